The van der Waals surface area contributed by atoms with Gasteiger partial charge in [-0.3, -0.25) is 19.3 Å². The third kappa shape index (κ3) is 6.52. The van der Waals surface area contributed by atoms with E-state index in [-0.39, 0.29) is 30.1 Å². The maximum Gasteiger partial charge on any atom is 0.251 e. The molecule has 0 aromatic heterocycles. The Balaban J connectivity index is 1.39. The van der Waals surface area contributed by atoms with Crippen LogP contribution in [0.5, 0.6) is 0 Å². The number of nitrogens with zero attached hydrogens (tertiary/aromatic N) is 3. The number of piperidine rings is 1. The first-order valence-corrected chi connectivity index (χ1v) is 13.7. The highest BCUT2D eigenvalue weighted by atomic mass is 16.2. The quantitative estimate of drug-likeness (QED) is 0.300. The fourth-order valence-electron chi connectivity index (χ4n) is 5.59. The first-order chi connectivity index (χ1) is 19.0. The molecule has 6 heteroatoms. The van der Waals surface area contributed by atoms with Gasteiger partial charge < -0.3 is 9.80 Å². The number of carbonyl (C=O) groups excluding carboxylic acids is 3. The van der Waals surface area contributed by atoms with Crippen LogP contribution in [-0.4, -0.2) is 48.2 Å². The maximum absolute atomic E-state index is 13.8. The highest BCUT2D eigenvalue weighted by molar-refractivity contribution is 6.07. The Morgan fingerprint density at radius 3 is 2.28 bits per heavy atom. The second-order valence-corrected chi connectivity index (χ2v) is 10.4. The second-order valence-electron chi connectivity index (χ2n) is 10.4. The van der Waals surface area contributed by atoms with E-state index in [1.807, 2.05) is 65.6 Å². The molecule has 0 spiro atoms. The van der Waals surface area contributed by atoms with Gasteiger partial charge in [-0.15, -0.1) is 0 Å². The molecule has 0 radical (unpaired) electrons. The molecule has 2 aliphatic rings. The van der Waals surface area contributed by atoms with Gasteiger partial charge in [0.15, 0.2) is 0 Å². The Hall–Kier alpha value is -4.03. The van der Waals surface area contributed by atoms with E-state index in [1.54, 1.807) is 11.0 Å². The van der Waals surface area contributed by atoms with E-state index in [2.05, 4.69) is 29.2 Å². The monoisotopic (exact) mass is 521 g/mol. The largest absolute Gasteiger partial charge is 0.311 e. The van der Waals surface area contributed by atoms with Crippen LogP contribution in [0.2, 0.25) is 0 Å². The Labute approximate surface area is 230 Å². The molecule has 1 saturated heterocycles. The molecular formula is C33H35N3O3. The van der Waals surface area contributed by atoms with Crippen molar-refractivity contribution in [2.75, 3.05) is 29.4 Å². The molecule has 3 aromatic carbocycles. The molecular weight excluding hydrogens is 486 g/mol. The smallest absolute Gasteiger partial charge is 0.251 e. The van der Waals surface area contributed by atoms with Gasteiger partial charge in [0.2, 0.25) is 5.91 Å². The van der Waals surface area contributed by atoms with E-state index in [9.17, 15) is 14.4 Å². The third-order valence-corrected chi connectivity index (χ3v) is 7.57. The summed E-state index contributed by atoms with van der Waals surface area (Å²) >= 11 is 0. The zero-order valence-corrected chi connectivity index (χ0v) is 22.5. The summed E-state index contributed by atoms with van der Waals surface area (Å²) in [5, 5.41) is 0. The lowest BCUT2D eigenvalue weighted by Gasteiger charge is -2.38. The van der Waals surface area contributed by atoms with Crippen LogP contribution >= 0.6 is 0 Å². The number of hydrogen-bond donors (Lipinski definition) is 0. The molecule has 39 heavy (non-hydrogen) atoms. The topological polar surface area (TPSA) is 60.9 Å². The van der Waals surface area contributed by atoms with E-state index >= 15 is 0 Å². The first-order valence-electron chi connectivity index (χ1n) is 13.7. The van der Waals surface area contributed by atoms with Crippen molar-refractivity contribution in [1.29, 1.82) is 0 Å². The second kappa shape index (κ2) is 12.2. The number of amides is 2. The predicted molar refractivity (Wildman–Crippen MR) is 155 cm³/mol. The Morgan fingerprint density at radius 2 is 1.59 bits per heavy atom. The van der Waals surface area contributed by atoms with E-state index in [4.69, 9.17) is 0 Å². The number of benzene rings is 3. The number of likely N-dealkylation sites (tertiary alicyclic amines) is 1. The minimum Gasteiger partial charge on any atom is -0.311 e. The summed E-state index contributed by atoms with van der Waals surface area (Å²) in [5.74, 6) is -0.399. The van der Waals surface area contributed by atoms with Gasteiger partial charge in [0.25, 0.3) is 5.91 Å². The molecule has 0 atom stereocenters. The van der Waals surface area contributed by atoms with Crippen molar-refractivity contribution < 1.29 is 14.4 Å². The third-order valence-electron chi connectivity index (χ3n) is 7.57. The molecule has 0 N–H and O–H groups in total. The zero-order valence-electron chi connectivity index (χ0n) is 22.5. The van der Waals surface area contributed by atoms with Crippen LogP contribution in [0, 0.1) is 0 Å². The summed E-state index contributed by atoms with van der Waals surface area (Å²) in [5.41, 5.74) is 4.94. The lowest BCUT2D eigenvalue weighted by Crippen LogP contribution is -2.47. The van der Waals surface area contributed by atoms with E-state index in [0.29, 0.717) is 6.54 Å². The summed E-state index contributed by atoms with van der Waals surface area (Å²) in [4.78, 5) is 44.2. The molecule has 0 aliphatic carbocycles. The van der Waals surface area contributed by atoms with Gasteiger partial charge in [-0.05, 0) is 61.1 Å². The molecule has 6 nitrogen and oxygen atoms in total. The summed E-state index contributed by atoms with van der Waals surface area (Å²) < 4.78 is 0. The fourth-order valence-corrected chi connectivity index (χ4v) is 5.59. The molecule has 0 saturated carbocycles. The average Bonchev–Trinajstić information content (AvgIpc) is 3.37. The molecule has 2 aliphatic heterocycles. The van der Waals surface area contributed by atoms with Crippen molar-refractivity contribution in [3.63, 3.8) is 0 Å². The molecule has 2 heterocycles. The van der Waals surface area contributed by atoms with Crippen molar-refractivity contribution in [3.8, 4) is 0 Å². The van der Waals surface area contributed by atoms with Gasteiger partial charge in [0, 0.05) is 49.7 Å². The number of carbonyl (C=O) groups is 3. The fraction of sp³-hybridized carbons (Fsp3) is 0.303. The number of ketones is 1. The standard InChI is InChI=1S/C33H35N3O3/c1-25(37)22-33(39)35-21-16-28-13-14-30(23-31(28)35)36(32(38)15-12-26-8-4-2-5-9-26)29-17-19-34(20-18-29)24-27-10-6-3-7-11-27/h2-15,23,29H,16-22,24H2,1H3/b15-12+. The number of rotatable bonds is 8. The first kappa shape index (κ1) is 26.6. The number of hydrogen-bond acceptors (Lipinski definition) is 4. The van der Waals surface area contributed by atoms with Crippen LogP contribution in [0.25, 0.3) is 6.08 Å². The number of fused-ring (bicyclic) bond motifs is 1. The number of anilines is 2. The lowest BCUT2D eigenvalue weighted by molar-refractivity contribution is -0.125. The highest BCUT2D eigenvalue weighted by Crippen LogP contribution is 2.35. The van der Waals surface area contributed by atoms with Crippen molar-refractivity contribution in [1.82, 2.24) is 4.90 Å². The predicted octanol–water partition coefficient (Wildman–Crippen LogP) is 5.27. The van der Waals surface area contributed by atoms with Crippen LogP contribution in [0.1, 0.15) is 42.9 Å². The molecule has 3 aromatic rings. The van der Waals surface area contributed by atoms with Crippen LogP contribution in [0.15, 0.2) is 84.9 Å². The van der Waals surface area contributed by atoms with E-state index in [0.717, 1.165) is 61.4 Å². The van der Waals surface area contributed by atoms with Gasteiger partial charge in [-0.1, -0.05) is 66.7 Å². The summed E-state index contributed by atoms with van der Waals surface area (Å²) in [6.07, 6.45) is 5.88. The van der Waals surface area contributed by atoms with Crippen molar-refractivity contribution in [2.45, 2.75) is 45.2 Å². The SMILES string of the molecule is CC(=O)CC(=O)N1CCc2ccc(N(C(=O)/C=C/c3ccccc3)C3CCN(Cc4ccccc4)CC3)cc21. The zero-order chi connectivity index (χ0) is 27.2. The molecule has 5 rings (SSSR count). The molecule has 200 valence electrons. The van der Waals surface area contributed by atoms with Crippen LogP contribution in [0.4, 0.5) is 11.4 Å². The normalized spacial score (nSPS) is 15.9. The Kier molecular flexibility index (Phi) is 8.33. The van der Waals surface area contributed by atoms with Gasteiger partial charge >= 0.3 is 0 Å². The number of Topliss-reactive ketones (excluding diaryl/α,β-unsaturated/α-hetero) is 1. The van der Waals surface area contributed by atoms with Crippen molar-refractivity contribution in [3.05, 3.63) is 102 Å². The molecule has 1 fully saturated rings. The van der Waals surface area contributed by atoms with Crippen molar-refractivity contribution in [2.24, 2.45) is 0 Å². The minimum atomic E-state index is -0.186. The molecule has 2 amide bonds. The van der Waals surface area contributed by atoms with Gasteiger partial charge in [0.1, 0.15) is 5.78 Å². The summed E-state index contributed by atoms with van der Waals surface area (Å²) in [6, 6.07) is 26.3. The minimum absolute atomic E-state index is 0.0470. The van der Waals surface area contributed by atoms with E-state index in [1.165, 1.54) is 12.5 Å². The van der Waals surface area contributed by atoms with E-state index < -0.39 is 0 Å². The van der Waals surface area contributed by atoms with Crippen LogP contribution in [-0.2, 0) is 27.3 Å². The molecule has 0 unspecified atom stereocenters. The Bertz CT molecular complexity index is 1350. The maximum atomic E-state index is 13.8. The summed E-state index contributed by atoms with van der Waals surface area (Å²) in [6.45, 7) is 4.71. The molecule has 0 bridgehead atoms. The highest BCUT2D eigenvalue weighted by Gasteiger charge is 2.31. The van der Waals surface area contributed by atoms with Gasteiger partial charge in [0.05, 0.1) is 6.42 Å². The van der Waals surface area contributed by atoms with Crippen molar-refractivity contribution >= 4 is 35.0 Å². The lowest BCUT2D eigenvalue weighted by atomic mass is 10.0. The van der Waals surface area contributed by atoms with Gasteiger partial charge in [-0.2, -0.15) is 0 Å². The van der Waals surface area contributed by atoms with Gasteiger partial charge in [-0.25, -0.2) is 0 Å². The summed E-state index contributed by atoms with van der Waals surface area (Å²) in [7, 11) is 0. The Morgan fingerprint density at radius 1 is 0.897 bits per heavy atom. The van der Waals surface area contributed by atoms with Crippen LogP contribution < -0.4 is 9.80 Å². The average molecular weight is 522 g/mol. The van der Waals surface area contributed by atoms with Crippen LogP contribution in [0.3, 0.4) is 0 Å².